The van der Waals surface area contributed by atoms with Crippen LogP contribution in [0, 0.1) is 17.5 Å². The predicted octanol–water partition coefficient (Wildman–Crippen LogP) is 3.68. The van der Waals surface area contributed by atoms with Gasteiger partial charge in [0.2, 0.25) is 0 Å². The van der Waals surface area contributed by atoms with Crippen LogP contribution in [-0.2, 0) is 6.42 Å². The molecule has 0 radical (unpaired) electrons. The summed E-state index contributed by atoms with van der Waals surface area (Å²) in [6, 6.07) is 6.92. The monoisotopic (exact) mass is 220 g/mol. The first-order valence-electron chi connectivity index (χ1n) is 4.92. The summed E-state index contributed by atoms with van der Waals surface area (Å²) in [6.07, 6.45) is 0.458. The minimum Gasteiger partial charge on any atom is -0.206 e. The minimum absolute atomic E-state index is 0.387. The van der Waals surface area contributed by atoms with Gasteiger partial charge in [-0.3, -0.25) is 0 Å². The molecule has 0 amide bonds. The third-order valence-electron chi connectivity index (χ3n) is 2.90. The van der Waals surface area contributed by atoms with Crippen LogP contribution in [0.5, 0.6) is 0 Å². The molecule has 0 aromatic heterocycles. The van der Waals surface area contributed by atoms with Crippen molar-refractivity contribution in [2.45, 2.75) is 6.42 Å². The molecule has 1 aliphatic carbocycles. The van der Waals surface area contributed by atoms with Crippen LogP contribution in [0.15, 0.2) is 30.3 Å². The van der Waals surface area contributed by atoms with Crippen molar-refractivity contribution in [2.75, 3.05) is 0 Å². The summed E-state index contributed by atoms with van der Waals surface area (Å²) in [6.45, 7) is 0. The summed E-state index contributed by atoms with van der Waals surface area (Å²) in [5.74, 6) is -2.20. The molecule has 80 valence electrons. The topological polar surface area (TPSA) is 0 Å². The van der Waals surface area contributed by atoms with Crippen molar-refractivity contribution in [1.29, 1.82) is 0 Å². The standard InChI is InChI=1S/C13H7F3/c14-10-3-1-2-7-4-8-5-11(15)12(16)6-9(8)13(7)10/h1-3,5-6H,4H2. The summed E-state index contributed by atoms with van der Waals surface area (Å²) < 4.78 is 39.7. The Bertz CT molecular complexity index is 588. The molecular weight excluding hydrogens is 213 g/mol. The molecule has 3 heteroatoms. The maximum Gasteiger partial charge on any atom is 0.159 e. The summed E-state index contributed by atoms with van der Waals surface area (Å²) in [7, 11) is 0. The van der Waals surface area contributed by atoms with Crippen molar-refractivity contribution >= 4 is 0 Å². The smallest absolute Gasteiger partial charge is 0.159 e. The van der Waals surface area contributed by atoms with Crippen molar-refractivity contribution in [2.24, 2.45) is 0 Å². The molecule has 0 spiro atoms. The Balaban J connectivity index is 2.32. The Hall–Kier alpha value is -1.77. The van der Waals surface area contributed by atoms with Crippen LogP contribution < -0.4 is 0 Å². The maximum atomic E-state index is 13.6. The van der Waals surface area contributed by atoms with E-state index in [4.69, 9.17) is 0 Å². The second-order valence-electron chi connectivity index (χ2n) is 3.87. The Morgan fingerprint density at radius 2 is 1.56 bits per heavy atom. The van der Waals surface area contributed by atoms with Crippen molar-refractivity contribution in [3.8, 4) is 11.1 Å². The highest BCUT2D eigenvalue weighted by atomic mass is 19.2. The Morgan fingerprint density at radius 1 is 0.812 bits per heavy atom. The van der Waals surface area contributed by atoms with Crippen LogP contribution in [0.2, 0.25) is 0 Å². The van der Waals surface area contributed by atoms with E-state index < -0.39 is 11.6 Å². The SMILES string of the molecule is Fc1cc2c(cc1F)-c1c(F)cccc1C2. The zero-order valence-electron chi connectivity index (χ0n) is 8.23. The molecule has 0 saturated heterocycles. The molecule has 0 saturated carbocycles. The van der Waals surface area contributed by atoms with Crippen LogP contribution in [0.25, 0.3) is 11.1 Å². The van der Waals surface area contributed by atoms with Crippen LogP contribution in [0.1, 0.15) is 11.1 Å². The molecule has 0 fully saturated rings. The number of rotatable bonds is 0. The first kappa shape index (κ1) is 9.46. The average molecular weight is 220 g/mol. The molecule has 0 nitrogen and oxygen atoms in total. The molecule has 16 heavy (non-hydrogen) atoms. The fourth-order valence-electron chi connectivity index (χ4n) is 2.19. The van der Waals surface area contributed by atoms with Crippen molar-refractivity contribution in [3.63, 3.8) is 0 Å². The highest BCUT2D eigenvalue weighted by Gasteiger charge is 2.23. The van der Waals surface area contributed by atoms with Gasteiger partial charge in [-0.25, -0.2) is 13.2 Å². The van der Waals surface area contributed by atoms with Gasteiger partial charge in [-0.15, -0.1) is 0 Å². The van der Waals surface area contributed by atoms with Crippen LogP contribution >= 0.6 is 0 Å². The summed E-state index contributed by atoms with van der Waals surface area (Å²) in [5, 5.41) is 0. The predicted molar refractivity (Wildman–Crippen MR) is 54.6 cm³/mol. The van der Waals surface area contributed by atoms with Crippen LogP contribution in [0.3, 0.4) is 0 Å². The first-order chi connectivity index (χ1) is 7.66. The third kappa shape index (κ3) is 1.18. The number of fused-ring (bicyclic) bond motifs is 3. The highest BCUT2D eigenvalue weighted by molar-refractivity contribution is 5.77. The lowest BCUT2D eigenvalue weighted by Gasteiger charge is -2.02. The van der Waals surface area contributed by atoms with Gasteiger partial charge in [-0.1, -0.05) is 12.1 Å². The zero-order valence-corrected chi connectivity index (χ0v) is 8.23. The molecule has 0 bridgehead atoms. The van der Waals surface area contributed by atoms with Gasteiger partial charge >= 0.3 is 0 Å². The van der Waals surface area contributed by atoms with E-state index in [0.717, 1.165) is 17.7 Å². The minimum atomic E-state index is -0.935. The van der Waals surface area contributed by atoms with E-state index in [9.17, 15) is 13.2 Å². The van der Waals surface area contributed by atoms with Crippen LogP contribution in [0.4, 0.5) is 13.2 Å². The molecule has 3 rings (SSSR count). The summed E-state index contributed by atoms with van der Waals surface area (Å²) in [5.41, 5.74) is 2.28. The molecule has 0 N–H and O–H groups in total. The average Bonchev–Trinajstić information content (AvgIpc) is 2.58. The van der Waals surface area contributed by atoms with E-state index in [1.54, 1.807) is 12.1 Å². The molecular formula is C13H7F3. The second-order valence-corrected chi connectivity index (χ2v) is 3.87. The Labute approximate surface area is 90.3 Å². The van der Waals surface area contributed by atoms with Crippen LogP contribution in [-0.4, -0.2) is 0 Å². The Morgan fingerprint density at radius 3 is 2.38 bits per heavy atom. The summed E-state index contributed by atoms with van der Waals surface area (Å²) >= 11 is 0. The molecule has 2 aromatic carbocycles. The van der Waals surface area contributed by atoms with Gasteiger partial charge in [0, 0.05) is 5.56 Å². The van der Waals surface area contributed by atoms with E-state index >= 15 is 0 Å². The molecule has 2 aromatic rings. The number of hydrogen-bond donors (Lipinski definition) is 0. The largest absolute Gasteiger partial charge is 0.206 e. The van der Waals surface area contributed by atoms with Gasteiger partial charge < -0.3 is 0 Å². The number of benzene rings is 2. The van der Waals surface area contributed by atoms with E-state index in [2.05, 4.69) is 0 Å². The summed E-state index contributed by atoms with van der Waals surface area (Å²) in [4.78, 5) is 0. The number of hydrogen-bond acceptors (Lipinski definition) is 0. The Kier molecular flexibility index (Phi) is 1.84. The van der Waals surface area contributed by atoms with Gasteiger partial charge in [0.1, 0.15) is 5.82 Å². The van der Waals surface area contributed by atoms with Gasteiger partial charge in [-0.05, 0) is 41.3 Å². The molecule has 1 aliphatic rings. The van der Waals surface area contributed by atoms with Crippen molar-refractivity contribution in [1.82, 2.24) is 0 Å². The third-order valence-corrected chi connectivity index (χ3v) is 2.90. The van der Waals surface area contributed by atoms with E-state index in [-0.39, 0.29) is 5.82 Å². The molecule has 0 heterocycles. The quantitative estimate of drug-likeness (QED) is 0.542. The van der Waals surface area contributed by atoms with E-state index in [1.165, 1.54) is 6.07 Å². The normalized spacial score (nSPS) is 12.4. The van der Waals surface area contributed by atoms with Gasteiger partial charge in [0.15, 0.2) is 11.6 Å². The van der Waals surface area contributed by atoms with Gasteiger partial charge in [0.25, 0.3) is 0 Å². The van der Waals surface area contributed by atoms with Gasteiger partial charge in [0.05, 0.1) is 0 Å². The molecule has 0 atom stereocenters. The second kappa shape index (κ2) is 3.11. The van der Waals surface area contributed by atoms with Crippen molar-refractivity contribution < 1.29 is 13.2 Å². The number of halogens is 3. The molecule has 0 unspecified atom stereocenters. The maximum absolute atomic E-state index is 13.6. The van der Waals surface area contributed by atoms with E-state index in [0.29, 0.717) is 23.1 Å². The zero-order chi connectivity index (χ0) is 11.3. The highest BCUT2D eigenvalue weighted by Crippen LogP contribution is 2.39. The van der Waals surface area contributed by atoms with Crippen molar-refractivity contribution in [3.05, 3.63) is 58.9 Å². The fraction of sp³-hybridized carbons (Fsp3) is 0.0769. The van der Waals surface area contributed by atoms with E-state index in [1.807, 2.05) is 0 Å². The lowest BCUT2D eigenvalue weighted by molar-refractivity contribution is 0.508. The lowest BCUT2D eigenvalue weighted by Crippen LogP contribution is -1.88. The van der Waals surface area contributed by atoms with Gasteiger partial charge in [-0.2, -0.15) is 0 Å². The lowest BCUT2D eigenvalue weighted by atomic mass is 10.1. The first-order valence-corrected chi connectivity index (χ1v) is 4.92. The molecule has 0 aliphatic heterocycles. The fourth-order valence-corrected chi connectivity index (χ4v) is 2.19.